The van der Waals surface area contributed by atoms with Gasteiger partial charge in [0, 0.05) is 40.1 Å². The van der Waals surface area contributed by atoms with Crippen LogP contribution in [0.2, 0.25) is 0 Å². The van der Waals surface area contributed by atoms with Crippen LogP contribution in [0, 0.1) is 13.8 Å². The van der Waals surface area contributed by atoms with Gasteiger partial charge in [0.15, 0.2) is 5.76 Å². The topological polar surface area (TPSA) is 96.6 Å². The van der Waals surface area contributed by atoms with Crippen molar-refractivity contribution in [1.29, 1.82) is 0 Å². The molecule has 0 saturated carbocycles. The second kappa shape index (κ2) is 8.85. The molecule has 4 rings (SSSR count). The van der Waals surface area contributed by atoms with E-state index in [1.54, 1.807) is 12.3 Å². The number of carbonyl (C=O) groups excluding carboxylic acids is 2. The summed E-state index contributed by atoms with van der Waals surface area (Å²) >= 11 is 3.30. The lowest BCUT2D eigenvalue weighted by atomic mass is 9.93. The van der Waals surface area contributed by atoms with E-state index in [-0.39, 0.29) is 17.6 Å². The second-order valence-corrected chi connectivity index (χ2v) is 8.34. The summed E-state index contributed by atoms with van der Waals surface area (Å²) in [5.74, 6) is 0.326. The summed E-state index contributed by atoms with van der Waals surface area (Å²) in [6.07, 6.45) is 5.31. The number of aryl methyl sites for hydroxylation is 2. The monoisotopic (exact) mass is 480 g/mol. The number of hydrogen-bond acceptors (Lipinski definition) is 5. The highest BCUT2D eigenvalue weighted by Crippen LogP contribution is 2.30. The Bertz CT molecular complexity index is 1200. The lowest BCUT2D eigenvalue weighted by Crippen LogP contribution is -2.22. The van der Waals surface area contributed by atoms with Gasteiger partial charge in [-0.2, -0.15) is 5.10 Å². The molecule has 8 heteroatoms. The van der Waals surface area contributed by atoms with Crippen molar-refractivity contribution in [2.75, 3.05) is 5.32 Å². The normalized spacial score (nSPS) is 14.2. The van der Waals surface area contributed by atoms with E-state index in [0.29, 0.717) is 27.9 Å². The molecule has 1 aliphatic carbocycles. The predicted octanol–water partition coefficient (Wildman–Crippen LogP) is 4.78. The summed E-state index contributed by atoms with van der Waals surface area (Å²) in [5, 5.41) is 7.23. The van der Waals surface area contributed by atoms with Crippen LogP contribution in [0.4, 0.5) is 5.69 Å². The number of nitrogens with one attached hydrogen (secondary N) is 2. The van der Waals surface area contributed by atoms with Crippen molar-refractivity contribution in [2.24, 2.45) is 5.10 Å². The van der Waals surface area contributed by atoms with Crippen molar-refractivity contribution in [2.45, 2.75) is 33.1 Å². The summed E-state index contributed by atoms with van der Waals surface area (Å²) in [5.41, 5.74) is 6.98. The van der Waals surface area contributed by atoms with E-state index in [0.717, 1.165) is 35.3 Å². The minimum atomic E-state index is -0.355. The number of nitrogens with zero attached hydrogens (tertiary/aromatic N) is 2. The first-order valence-electron chi connectivity index (χ1n) is 9.90. The van der Waals surface area contributed by atoms with Crippen LogP contribution < -0.4 is 10.7 Å². The lowest BCUT2D eigenvalue weighted by molar-refractivity contribution is 0.0953. The number of furan rings is 1. The van der Waals surface area contributed by atoms with Gasteiger partial charge in [0.05, 0.1) is 11.3 Å². The van der Waals surface area contributed by atoms with Gasteiger partial charge < -0.3 is 9.73 Å². The number of amides is 2. The molecule has 2 N–H and O–H groups in total. The maximum absolute atomic E-state index is 12.8. The van der Waals surface area contributed by atoms with Crippen molar-refractivity contribution in [3.05, 3.63) is 81.0 Å². The van der Waals surface area contributed by atoms with Gasteiger partial charge in [0.25, 0.3) is 11.8 Å². The quantitative estimate of drug-likeness (QED) is 0.525. The number of aromatic nitrogens is 1. The average Bonchev–Trinajstić information content (AvgIpc) is 3.09. The largest absolute Gasteiger partial charge is 0.455 e. The highest BCUT2D eigenvalue weighted by atomic mass is 79.9. The van der Waals surface area contributed by atoms with Crippen LogP contribution in [0.25, 0.3) is 0 Å². The van der Waals surface area contributed by atoms with Crippen molar-refractivity contribution in [3.63, 3.8) is 0 Å². The van der Waals surface area contributed by atoms with Crippen LogP contribution >= 0.6 is 15.9 Å². The number of carbonyl (C=O) groups is 2. The Morgan fingerprint density at radius 3 is 2.74 bits per heavy atom. The van der Waals surface area contributed by atoms with Crippen LogP contribution in [0.5, 0.6) is 0 Å². The molecule has 2 aromatic heterocycles. The highest BCUT2D eigenvalue weighted by molar-refractivity contribution is 9.10. The second-order valence-electron chi connectivity index (χ2n) is 7.42. The fraction of sp³-hybridized carbons (Fsp3) is 0.217. The SMILES string of the molecule is Cc1cccc(NC(=O)c2oc3c(c2C)/C(=N/NC(=O)c2cncc(Br)c2)CCC3)c1. The average molecular weight is 481 g/mol. The van der Waals surface area contributed by atoms with Crippen LogP contribution in [-0.4, -0.2) is 22.5 Å². The van der Waals surface area contributed by atoms with Gasteiger partial charge in [-0.1, -0.05) is 12.1 Å². The summed E-state index contributed by atoms with van der Waals surface area (Å²) < 4.78 is 6.63. The standard InChI is InChI=1S/C23H21BrN4O3/c1-13-5-3-6-17(9-13)26-23(30)21-14(2)20-18(7-4-8-19(20)31-21)27-28-22(29)15-10-16(24)12-25-11-15/h3,5-6,9-12H,4,7-8H2,1-2H3,(H,26,30)(H,28,29)/b27-18+. The summed E-state index contributed by atoms with van der Waals surface area (Å²) in [7, 11) is 0. The summed E-state index contributed by atoms with van der Waals surface area (Å²) in [6, 6.07) is 9.26. The van der Waals surface area contributed by atoms with E-state index in [9.17, 15) is 9.59 Å². The number of hydrazone groups is 1. The Morgan fingerprint density at radius 2 is 1.97 bits per heavy atom. The van der Waals surface area contributed by atoms with Gasteiger partial charge >= 0.3 is 0 Å². The predicted molar refractivity (Wildman–Crippen MR) is 121 cm³/mol. The summed E-state index contributed by atoms with van der Waals surface area (Å²) in [4.78, 5) is 29.2. The van der Waals surface area contributed by atoms with Gasteiger partial charge in [-0.15, -0.1) is 0 Å². The van der Waals surface area contributed by atoms with E-state index in [4.69, 9.17) is 4.42 Å². The molecular weight excluding hydrogens is 460 g/mol. The molecule has 3 aromatic rings. The third-order valence-corrected chi connectivity index (χ3v) is 5.50. The number of halogens is 1. The fourth-order valence-electron chi connectivity index (χ4n) is 3.63. The van der Waals surface area contributed by atoms with E-state index < -0.39 is 0 Å². The third-order valence-electron chi connectivity index (χ3n) is 5.07. The van der Waals surface area contributed by atoms with Crippen molar-refractivity contribution in [1.82, 2.24) is 10.4 Å². The number of benzene rings is 1. The van der Waals surface area contributed by atoms with Crippen LogP contribution in [-0.2, 0) is 6.42 Å². The lowest BCUT2D eigenvalue weighted by Gasteiger charge is -2.13. The van der Waals surface area contributed by atoms with E-state index in [2.05, 4.69) is 36.8 Å². The molecule has 0 unspecified atom stereocenters. The molecule has 0 radical (unpaired) electrons. The number of fused-ring (bicyclic) bond motifs is 1. The molecule has 2 heterocycles. The van der Waals surface area contributed by atoms with Gasteiger partial charge in [-0.3, -0.25) is 14.6 Å². The molecule has 1 aliphatic rings. The maximum Gasteiger partial charge on any atom is 0.291 e. The minimum Gasteiger partial charge on any atom is -0.455 e. The number of pyridine rings is 1. The van der Waals surface area contributed by atoms with Crippen LogP contribution in [0.1, 0.15) is 56.2 Å². The smallest absolute Gasteiger partial charge is 0.291 e. The van der Waals surface area contributed by atoms with E-state index >= 15 is 0 Å². The fourth-order valence-corrected chi connectivity index (χ4v) is 3.99. The van der Waals surface area contributed by atoms with Gasteiger partial charge in [-0.25, -0.2) is 5.43 Å². The number of rotatable bonds is 4. The van der Waals surface area contributed by atoms with Crippen molar-refractivity contribution >= 4 is 39.1 Å². The van der Waals surface area contributed by atoms with Crippen LogP contribution in [0.3, 0.4) is 0 Å². The Balaban J connectivity index is 1.57. The first-order valence-corrected chi connectivity index (χ1v) is 10.7. The highest BCUT2D eigenvalue weighted by Gasteiger charge is 2.28. The molecule has 0 saturated heterocycles. The molecule has 2 amide bonds. The molecular formula is C23H21BrN4O3. The zero-order chi connectivity index (χ0) is 22.0. The molecule has 0 atom stereocenters. The first-order chi connectivity index (χ1) is 14.9. The number of anilines is 1. The van der Waals surface area contributed by atoms with Crippen molar-refractivity contribution < 1.29 is 14.0 Å². The molecule has 158 valence electrons. The molecule has 0 bridgehead atoms. The Morgan fingerprint density at radius 1 is 1.13 bits per heavy atom. The van der Waals surface area contributed by atoms with Gasteiger partial charge in [-0.05, 0) is 66.4 Å². The molecule has 7 nitrogen and oxygen atoms in total. The first kappa shape index (κ1) is 21.0. The minimum absolute atomic E-state index is 0.267. The zero-order valence-electron chi connectivity index (χ0n) is 17.2. The zero-order valence-corrected chi connectivity index (χ0v) is 18.7. The Labute approximate surface area is 188 Å². The molecule has 0 spiro atoms. The van der Waals surface area contributed by atoms with Crippen molar-refractivity contribution in [3.8, 4) is 0 Å². The Hall–Kier alpha value is -3.26. The molecule has 31 heavy (non-hydrogen) atoms. The molecule has 0 fully saturated rings. The van der Waals surface area contributed by atoms with E-state index in [1.807, 2.05) is 38.1 Å². The van der Waals surface area contributed by atoms with Gasteiger partial charge in [0.1, 0.15) is 5.76 Å². The third kappa shape index (κ3) is 4.59. The van der Waals surface area contributed by atoms with Crippen LogP contribution in [0.15, 0.2) is 56.7 Å². The summed E-state index contributed by atoms with van der Waals surface area (Å²) in [6.45, 7) is 3.81. The molecule has 1 aromatic carbocycles. The van der Waals surface area contributed by atoms with Gasteiger partial charge in [0.2, 0.25) is 0 Å². The van der Waals surface area contributed by atoms with E-state index in [1.165, 1.54) is 6.20 Å². The molecule has 0 aliphatic heterocycles. The maximum atomic E-state index is 12.8. The number of hydrogen-bond donors (Lipinski definition) is 2. The Kier molecular flexibility index (Phi) is 5.99.